The van der Waals surface area contributed by atoms with Crippen molar-refractivity contribution < 1.29 is 9.53 Å². The molecule has 0 bridgehead atoms. The van der Waals surface area contributed by atoms with Crippen LogP contribution in [0.2, 0.25) is 0 Å². The number of carbonyl (C=O) groups excluding carboxylic acids is 1. The lowest BCUT2D eigenvalue weighted by atomic mass is 10.00. The number of ether oxygens (including phenoxy) is 1. The average Bonchev–Trinajstić information content (AvgIpc) is 3.02. The van der Waals surface area contributed by atoms with Gasteiger partial charge in [-0.2, -0.15) is 0 Å². The summed E-state index contributed by atoms with van der Waals surface area (Å²) in [5, 5.41) is 3.10. The fraction of sp³-hybridized carbons (Fsp3) is 0.176. The molecule has 1 amide bonds. The predicted octanol–water partition coefficient (Wildman–Crippen LogP) is 2.82. The second kappa shape index (κ2) is 5.18. The molecule has 0 fully saturated rings. The number of imidazole rings is 1. The molecule has 3 aromatic rings. The third-order valence-corrected chi connectivity index (χ3v) is 3.95. The van der Waals surface area contributed by atoms with Crippen molar-refractivity contribution in [2.24, 2.45) is 0 Å². The molecule has 1 aliphatic heterocycles. The van der Waals surface area contributed by atoms with Gasteiger partial charge in [0.05, 0.1) is 30.0 Å². The molecule has 2 heterocycles. The molecule has 110 valence electrons. The summed E-state index contributed by atoms with van der Waals surface area (Å²) >= 11 is 0. The van der Waals surface area contributed by atoms with E-state index in [0.29, 0.717) is 12.2 Å². The Morgan fingerprint density at radius 2 is 2.18 bits per heavy atom. The topological polar surface area (TPSA) is 67.0 Å². The molecule has 5 nitrogen and oxygen atoms in total. The van der Waals surface area contributed by atoms with Gasteiger partial charge in [0.25, 0.3) is 5.91 Å². The molecule has 0 aliphatic carbocycles. The van der Waals surface area contributed by atoms with Gasteiger partial charge in [-0.25, -0.2) is 4.98 Å². The van der Waals surface area contributed by atoms with Gasteiger partial charge in [0, 0.05) is 17.5 Å². The average molecular weight is 293 g/mol. The monoisotopic (exact) mass is 293 g/mol. The molecular weight excluding hydrogens is 278 g/mol. The van der Waals surface area contributed by atoms with E-state index in [1.54, 1.807) is 12.4 Å². The van der Waals surface area contributed by atoms with Crippen molar-refractivity contribution in [2.45, 2.75) is 12.5 Å². The van der Waals surface area contributed by atoms with Crippen LogP contribution in [0.1, 0.15) is 28.4 Å². The van der Waals surface area contributed by atoms with Gasteiger partial charge in [-0.05, 0) is 24.3 Å². The van der Waals surface area contributed by atoms with E-state index in [-0.39, 0.29) is 11.9 Å². The molecule has 5 heteroatoms. The molecule has 22 heavy (non-hydrogen) atoms. The number of H-pyrrole nitrogens is 1. The second-order valence-corrected chi connectivity index (χ2v) is 5.34. The lowest BCUT2D eigenvalue weighted by Crippen LogP contribution is -2.32. The Hall–Kier alpha value is -2.82. The molecular formula is C17H15N3O2. The summed E-state index contributed by atoms with van der Waals surface area (Å²) in [4.78, 5) is 19.7. The van der Waals surface area contributed by atoms with Gasteiger partial charge in [0.1, 0.15) is 5.75 Å². The second-order valence-electron chi connectivity index (χ2n) is 5.34. The van der Waals surface area contributed by atoms with Crippen molar-refractivity contribution in [1.82, 2.24) is 15.3 Å². The van der Waals surface area contributed by atoms with E-state index in [2.05, 4.69) is 15.3 Å². The molecule has 4 rings (SSSR count). The number of amides is 1. The summed E-state index contributed by atoms with van der Waals surface area (Å²) in [6.07, 6.45) is 2.40. The largest absolute Gasteiger partial charge is 0.493 e. The first-order chi connectivity index (χ1) is 10.8. The zero-order valence-electron chi connectivity index (χ0n) is 11.9. The van der Waals surface area contributed by atoms with Gasteiger partial charge in [-0.3, -0.25) is 4.79 Å². The molecule has 2 aromatic carbocycles. The number of nitrogens with zero attached hydrogens (tertiary/aromatic N) is 1. The highest BCUT2D eigenvalue weighted by molar-refractivity contribution is 5.97. The van der Waals surface area contributed by atoms with Crippen LogP contribution in [-0.4, -0.2) is 22.5 Å². The molecule has 0 spiro atoms. The molecule has 1 aromatic heterocycles. The van der Waals surface area contributed by atoms with E-state index in [9.17, 15) is 4.79 Å². The van der Waals surface area contributed by atoms with E-state index in [4.69, 9.17) is 4.74 Å². The Morgan fingerprint density at radius 3 is 3.14 bits per heavy atom. The first kappa shape index (κ1) is 12.9. The van der Waals surface area contributed by atoms with E-state index in [1.165, 1.54) is 0 Å². The molecule has 1 aliphatic rings. The third-order valence-electron chi connectivity index (χ3n) is 3.95. The van der Waals surface area contributed by atoms with Gasteiger partial charge >= 0.3 is 0 Å². The van der Waals surface area contributed by atoms with Gasteiger partial charge in [0.15, 0.2) is 0 Å². The van der Waals surface area contributed by atoms with Crippen LogP contribution in [0.25, 0.3) is 11.0 Å². The maximum atomic E-state index is 12.5. The van der Waals surface area contributed by atoms with Gasteiger partial charge in [0.2, 0.25) is 0 Å². The lowest BCUT2D eigenvalue weighted by Gasteiger charge is -2.26. The molecule has 1 atom stereocenters. The van der Waals surface area contributed by atoms with Gasteiger partial charge in [-0.1, -0.05) is 18.2 Å². The maximum absolute atomic E-state index is 12.5. The number of hydrogen-bond donors (Lipinski definition) is 2. The van der Waals surface area contributed by atoms with Crippen LogP contribution in [-0.2, 0) is 0 Å². The van der Waals surface area contributed by atoms with Crippen molar-refractivity contribution >= 4 is 16.9 Å². The van der Waals surface area contributed by atoms with Crippen molar-refractivity contribution in [1.29, 1.82) is 0 Å². The van der Waals surface area contributed by atoms with Crippen LogP contribution < -0.4 is 10.1 Å². The molecule has 0 saturated heterocycles. The summed E-state index contributed by atoms with van der Waals surface area (Å²) in [6.45, 7) is 0.613. The third kappa shape index (κ3) is 2.20. The minimum absolute atomic E-state index is 0.0186. The smallest absolute Gasteiger partial charge is 0.251 e. The van der Waals surface area contributed by atoms with Crippen LogP contribution in [0.5, 0.6) is 5.75 Å². The highest BCUT2D eigenvalue weighted by atomic mass is 16.5. The molecule has 0 saturated carbocycles. The summed E-state index contributed by atoms with van der Waals surface area (Å²) < 4.78 is 5.62. The van der Waals surface area contributed by atoms with Crippen LogP contribution in [0.15, 0.2) is 48.8 Å². The van der Waals surface area contributed by atoms with Crippen LogP contribution >= 0.6 is 0 Å². The maximum Gasteiger partial charge on any atom is 0.251 e. The zero-order chi connectivity index (χ0) is 14.9. The number of aromatic amines is 1. The van der Waals surface area contributed by atoms with E-state index >= 15 is 0 Å². The quantitative estimate of drug-likeness (QED) is 0.763. The minimum atomic E-state index is -0.0850. The minimum Gasteiger partial charge on any atom is -0.493 e. The molecule has 2 N–H and O–H groups in total. The normalized spacial score (nSPS) is 16.8. The molecule has 1 unspecified atom stereocenters. The van der Waals surface area contributed by atoms with E-state index in [1.807, 2.05) is 36.4 Å². The number of fused-ring (bicyclic) bond motifs is 2. The van der Waals surface area contributed by atoms with Gasteiger partial charge in [-0.15, -0.1) is 0 Å². The summed E-state index contributed by atoms with van der Waals surface area (Å²) in [5.41, 5.74) is 3.37. The van der Waals surface area contributed by atoms with Crippen LogP contribution in [0, 0.1) is 0 Å². The number of rotatable bonds is 2. The highest BCUT2D eigenvalue weighted by Crippen LogP contribution is 2.31. The number of para-hydroxylation sites is 1. The fourth-order valence-corrected chi connectivity index (χ4v) is 2.81. The van der Waals surface area contributed by atoms with E-state index in [0.717, 1.165) is 28.8 Å². The van der Waals surface area contributed by atoms with E-state index < -0.39 is 0 Å². The van der Waals surface area contributed by atoms with Gasteiger partial charge < -0.3 is 15.0 Å². The fourth-order valence-electron chi connectivity index (χ4n) is 2.81. The van der Waals surface area contributed by atoms with Crippen LogP contribution in [0.4, 0.5) is 0 Å². The number of hydrogen-bond acceptors (Lipinski definition) is 3. The van der Waals surface area contributed by atoms with Crippen molar-refractivity contribution in [3.05, 3.63) is 59.9 Å². The predicted molar refractivity (Wildman–Crippen MR) is 82.9 cm³/mol. The lowest BCUT2D eigenvalue weighted by molar-refractivity contribution is 0.0925. The zero-order valence-corrected chi connectivity index (χ0v) is 11.9. The summed E-state index contributed by atoms with van der Waals surface area (Å²) in [7, 11) is 0. The number of benzene rings is 2. The van der Waals surface area contributed by atoms with Crippen LogP contribution in [0.3, 0.4) is 0 Å². The number of aromatic nitrogens is 2. The Morgan fingerprint density at radius 1 is 1.27 bits per heavy atom. The number of nitrogens with one attached hydrogen (secondary N) is 2. The highest BCUT2D eigenvalue weighted by Gasteiger charge is 2.23. The van der Waals surface area contributed by atoms with Crippen molar-refractivity contribution in [3.63, 3.8) is 0 Å². The molecule has 0 radical (unpaired) electrons. The van der Waals surface area contributed by atoms with Crippen molar-refractivity contribution in [3.8, 4) is 5.75 Å². The SMILES string of the molecule is O=C(NC1CCOc2ccccc21)c1ccc2nc[nH]c2c1. The van der Waals surface area contributed by atoms with Crippen molar-refractivity contribution in [2.75, 3.05) is 6.61 Å². The number of carbonyl (C=O) groups is 1. The summed E-state index contributed by atoms with van der Waals surface area (Å²) in [5.74, 6) is 0.765. The Bertz CT molecular complexity index is 841. The Kier molecular flexibility index (Phi) is 3.04. The Balaban J connectivity index is 1.59. The first-order valence-electron chi connectivity index (χ1n) is 7.27. The Labute approximate surface area is 127 Å². The standard InChI is InChI=1S/C17H15N3O2/c21-17(11-5-6-14-15(9-11)19-10-18-14)20-13-7-8-22-16-4-2-1-3-12(13)16/h1-6,9-10,13H,7-8H2,(H,18,19)(H,20,21). The summed E-state index contributed by atoms with van der Waals surface area (Å²) in [6, 6.07) is 13.3. The first-order valence-corrected chi connectivity index (χ1v) is 7.27.